The second kappa shape index (κ2) is 13.7. The number of carboxylic acid groups (broad SMARTS) is 1. The molecule has 1 heterocycles. The summed E-state index contributed by atoms with van der Waals surface area (Å²) in [6.07, 6.45) is -15.6. The van der Waals surface area contributed by atoms with Crippen LogP contribution < -0.4 is 14.2 Å². The fourth-order valence-electron chi connectivity index (χ4n) is 4.32. The Kier molecular flexibility index (Phi) is 10.3. The van der Waals surface area contributed by atoms with Crippen molar-refractivity contribution in [3.63, 3.8) is 0 Å². The van der Waals surface area contributed by atoms with Crippen molar-refractivity contribution in [3.05, 3.63) is 93.5 Å². The van der Waals surface area contributed by atoms with Gasteiger partial charge >= 0.3 is 24.5 Å². The van der Waals surface area contributed by atoms with Crippen LogP contribution in [0.3, 0.4) is 0 Å². The quantitative estimate of drug-likeness (QED) is 0.158. The maximum atomic E-state index is 13.3. The van der Waals surface area contributed by atoms with Crippen molar-refractivity contribution in [2.45, 2.75) is 44.9 Å². The Hall–Kier alpha value is -4.47. The first-order valence-corrected chi connectivity index (χ1v) is 14.3. The second-order valence-corrected chi connectivity index (χ2v) is 11.1. The van der Waals surface area contributed by atoms with Gasteiger partial charge in [-0.1, -0.05) is 12.1 Å². The predicted octanol–water partition coefficient (Wildman–Crippen LogP) is 9.40. The topological polar surface area (TPSA) is 77.9 Å². The highest BCUT2D eigenvalue weighted by molar-refractivity contribution is 7.15. The lowest BCUT2D eigenvalue weighted by Gasteiger charge is -2.17. The molecule has 0 aliphatic heterocycles. The van der Waals surface area contributed by atoms with Crippen LogP contribution in [-0.2, 0) is 29.7 Å². The fourth-order valence-corrected chi connectivity index (χ4v) is 5.41. The molecular weight excluding hydrogens is 669 g/mol. The Balaban J connectivity index is 1.61. The Morgan fingerprint density at radius 2 is 1.40 bits per heavy atom. The SMILES string of the molecule is Cc1cc(OC(C)c2sc(-c3ccc(C(F)(F)F)cc3)nc2CCOc2cc(C(F)(F)F)cc(C(F)(F)F)c2)ccc1OCC(=O)O. The van der Waals surface area contributed by atoms with Gasteiger partial charge in [0, 0.05) is 12.0 Å². The van der Waals surface area contributed by atoms with Crippen molar-refractivity contribution < 1.29 is 63.6 Å². The number of nitrogens with zero attached hydrogens (tertiary/aromatic N) is 1. The molecule has 16 heteroatoms. The molecule has 47 heavy (non-hydrogen) atoms. The van der Waals surface area contributed by atoms with Crippen LogP contribution in [0, 0.1) is 6.92 Å². The van der Waals surface area contributed by atoms with E-state index in [-0.39, 0.29) is 17.5 Å². The van der Waals surface area contributed by atoms with Crippen LogP contribution in [0.4, 0.5) is 39.5 Å². The summed E-state index contributed by atoms with van der Waals surface area (Å²) >= 11 is 1.07. The zero-order valence-corrected chi connectivity index (χ0v) is 25.1. The Morgan fingerprint density at radius 3 is 1.94 bits per heavy atom. The molecule has 0 bridgehead atoms. The molecule has 252 valence electrons. The van der Waals surface area contributed by atoms with Gasteiger partial charge in [-0.3, -0.25) is 0 Å². The van der Waals surface area contributed by atoms with E-state index in [1.807, 2.05) is 0 Å². The Labute approximate surface area is 265 Å². The van der Waals surface area contributed by atoms with E-state index in [0.717, 1.165) is 23.5 Å². The number of aliphatic carboxylic acids is 1. The molecule has 4 rings (SSSR count). The number of aromatic nitrogens is 1. The summed E-state index contributed by atoms with van der Waals surface area (Å²) in [5, 5.41) is 9.12. The number of carbonyl (C=O) groups is 1. The van der Waals surface area contributed by atoms with Crippen LogP contribution >= 0.6 is 11.3 Å². The zero-order chi connectivity index (χ0) is 34.7. The van der Waals surface area contributed by atoms with E-state index in [4.69, 9.17) is 19.3 Å². The molecule has 6 nitrogen and oxygen atoms in total. The number of ether oxygens (including phenoxy) is 3. The molecule has 0 amide bonds. The first-order valence-electron chi connectivity index (χ1n) is 13.5. The fraction of sp³-hybridized carbons (Fsp3) is 0.290. The lowest BCUT2D eigenvalue weighted by Crippen LogP contribution is -2.12. The van der Waals surface area contributed by atoms with Gasteiger partial charge in [0.2, 0.25) is 0 Å². The van der Waals surface area contributed by atoms with Crippen LogP contribution in [0.15, 0.2) is 60.7 Å². The molecule has 4 aromatic rings. The van der Waals surface area contributed by atoms with Crippen molar-refractivity contribution in [2.75, 3.05) is 13.2 Å². The number of benzene rings is 3. The van der Waals surface area contributed by atoms with Crippen molar-refractivity contribution in [2.24, 2.45) is 0 Å². The molecule has 0 radical (unpaired) electrons. The number of aryl methyl sites for hydroxylation is 1. The zero-order valence-electron chi connectivity index (χ0n) is 24.3. The normalized spacial score (nSPS) is 12.9. The van der Waals surface area contributed by atoms with Gasteiger partial charge in [-0.15, -0.1) is 11.3 Å². The number of alkyl halides is 9. The third-order valence-electron chi connectivity index (χ3n) is 6.54. The summed E-state index contributed by atoms with van der Waals surface area (Å²) in [4.78, 5) is 15.8. The van der Waals surface area contributed by atoms with E-state index in [1.165, 1.54) is 24.3 Å². The molecule has 0 aliphatic rings. The van der Waals surface area contributed by atoms with E-state index >= 15 is 0 Å². The number of hydrogen-bond acceptors (Lipinski definition) is 6. The third kappa shape index (κ3) is 9.30. The predicted molar refractivity (Wildman–Crippen MR) is 152 cm³/mol. The minimum absolute atomic E-state index is 0.0206. The number of thiazole rings is 1. The second-order valence-electron chi connectivity index (χ2n) is 10.1. The van der Waals surface area contributed by atoms with Crippen molar-refractivity contribution in [3.8, 4) is 27.8 Å². The first kappa shape index (κ1) is 35.4. The Bertz CT molecular complexity index is 1680. The molecule has 1 N–H and O–H groups in total. The number of hydrogen-bond donors (Lipinski definition) is 1. The summed E-state index contributed by atoms with van der Waals surface area (Å²) in [7, 11) is 0. The van der Waals surface area contributed by atoms with Crippen LogP contribution in [0.25, 0.3) is 10.6 Å². The molecule has 1 aromatic heterocycles. The molecular formula is C31H24F9NO5S. The average Bonchev–Trinajstić information content (AvgIpc) is 3.39. The first-order chi connectivity index (χ1) is 21.8. The van der Waals surface area contributed by atoms with Gasteiger partial charge in [0.1, 0.15) is 28.4 Å². The third-order valence-corrected chi connectivity index (χ3v) is 7.84. The number of carboxylic acids is 1. The largest absolute Gasteiger partial charge is 0.493 e. The van der Waals surface area contributed by atoms with Crippen molar-refractivity contribution in [1.29, 1.82) is 0 Å². The molecule has 3 aromatic carbocycles. The van der Waals surface area contributed by atoms with Crippen LogP contribution in [-0.4, -0.2) is 29.3 Å². The highest BCUT2D eigenvalue weighted by Gasteiger charge is 2.37. The number of halogens is 9. The van der Waals surface area contributed by atoms with Gasteiger partial charge in [-0.2, -0.15) is 39.5 Å². The molecule has 0 saturated heterocycles. The Morgan fingerprint density at radius 1 is 0.809 bits per heavy atom. The van der Waals surface area contributed by atoms with Gasteiger partial charge in [-0.05, 0) is 67.9 Å². The van der Waals surface area contributed by atoms with E-state index < -0.39 is 66.3 Å². The summed E-state index contributed by atoms with van der Waals surface area (Å²) in [5.74, 6) is -1.20. The maximum absolute atomic E-state index is 13.3. The van der Waals surface area contributed by atoms with Crippen molar-refractivity contribution >= 4 is 17.3 Å². The molecule has 1 atom stereocenters. The average molecular weight is 694 g/mol. The highest BCUT2D eigenvalue weighted by atomic mass is 32.1. The monoisotopic (exact) mass is 693 g/mol. The maximum Gasteiger partial charge on any atom is 0.416 e. The van der Waals surface area contributed by atoms with Crippen molar-refractivity contribution in [1.82, 2.24) is 4.98 Å². The standard InChI is InChI=1S/C31H24F9NO5S/c1-16-11-22(7-8-25(16)45-15-26(42)43)46-17(2)27-24(41-28(47-27)18-3-5-19(6-4-18)29(32,33)34)9-10-44-23-13-20(30(35,36)37)12-21(14-23)31(38,39)40/h3-8,11-14,17H,9-10,15H2,1-2H3,(H,42,43). The van der Waals surface area contributed by atoms with Crippen LogP contribution in [0.5, 0.6) is 17.2 Å². The summed E-state index contributed by atoms with van der Waals surface area (Å²) in [6.45, 7) is 2.34. The molecule has 0 aliphatic carbocycles. The molecule has 0 fully saturated rings. The van der Waals surface area contributed by atoms with E-state index in [0.29, 0.717) is 45.3 Å². The highest BCUT2D eigenvalue weighted by Crippen LogP contribution is 2.40. The van der Waals surface area contributed by atoms with Crippen LogP contribution in [0.1, 0.15) is 45.9 Å². The summed E-state index contributed by atoms with van der Waals surface area (Å²) in [5.41, 5.74) is -2.80. The van der Waals surface area contributed by atoms with Gasteiger partial charge in [0.25, 0.3) is 0 Å². The smallest absolute Gasteiger partial charge is 0.416 e. The van der Waals surface area contributed by atoms with E-state index in [1.54, 1.807) is 19.9 Å². The minimum atomic E-state index is -5.07. The molecule has 1 unspecified atom stereocenters. The van der Waals surface area contributed by atoms with E-state index in [2.05, 4.69) is 4.98 Å². The summed E-state index contributed by atoms with van der Waals surface area (Å²) in [6, 6.07) is 9.67. The molecule has 0 saturated carbocycles. The lowest BCUT2D eigenvalue weighted by atomic mass is 10.1. The van der Waals surface area contributed by atoms with Gasteiger partial charge in [0.15, 0.2) is 6.61 Å². The lowest BCUT2D eigenvalue weighted by molar-refractivity contribution is -0.143. The van der Waals surface area contributed by atoms with E-state index in [9.17, 15) is 44.3 Å². The minimum Gasteiger partial charge on any atom is -0.493 e. The van der Waals surface area contributed by atoms with Gasteiger partial charge in [0.05, 0.1) is 33.9 Å². The summed E-state index contributed by atoms with van der Waals surface area (Å²) < 4.78 is 136. The molecule has 0 spiro atoms. The number of rotatable bonds is 11. The van der Waals surface area contributed by atoms with Gasteiger partial charge in [-0.25, -0.2) is 9.78 Å². The van der Waals surface area contributed by atoms with Crippen LogP contribution in [0.2, 0.25) is 0 Å². The van der Waals surface area contributed by atoms with Gasteiger partial charge < -0.3 is 19.3 Å².